The van der Waals surface area contributed by atoms with Gasteiger partial charge in [-0.05, 0) is 37.8 Å². The van der Waals surface area contributed by atoms with Crippen molar-refractivity contribution in [2.75, 3.05) is 18.0 Å². The topological polar surface area (TPSA) is 49.4 Å². The van der Waals surface area contributed by atoms with Crippen LogP contribution in [0, 0.1) is 25.7 Å². The molecule has 0 spiro atoms. The van der Waals surface area contributed by atoms with E-state index in [0.29, 0.717) is 18.9 Å². The van der Waals surface area contributed by atoms with Gasteiger partial charge in [0.25, 0.3) is 0 Å². The molecule has 2 unspecified atom stereocenters. The zero-order valence-corrected chi connectivity index (χ0v) is 16.1. The van der Waals surface area contributed by atoms with Gasteiger partial charge >= 0.3 is 0 Å². The van der Waals surface area contributed by atoms with Gasteiger partial charge in [-0.25, -0.2) is 0 Å². The maximum Gasteiger partial charge on any atom is 0.227 e. The van der Waals surface area contributed by atoms with E-state index in [2.05, 4.69) is 25.2 Å². The lowest BCUT2D eigenvalue weighted by atomic mass is 9.99. The van der Waals surface area contributed by atoms with E-state index in [4.69, 9.17) is 0 Å². The van der Waals surface area contributed by atoms with E-state index in [0.717, 1.165) is 30.6 Å². The number of unbranched alkanes of at least 4 members (excludes halogenated alkanes) is 1. The molecule has 25 heavy (non-hydrogen) atoms. The van der Waals surface area contributed by atoms with Gasteiger partial charge in [-0.1, -0.05) is 50.8 Å². The van der Waals surface area contributed by atoms with Gasteiger partial charge in [0.15, 0.2) is 0 Å². The Kier molecular flexibility index (Phi) is 7.03. The summed E-state index contributed by atoms with van der Waals surface area (Å²) in [4.78, 5) is 26.7. The minimum Gasteiger partial charge on any atom is -0.356 e. The fraction of sp³-hybridized carbons (Fsp3) is 0.619. The maximum absolute atomic E-state index is 12.5. The van der Waals surface area contributed by atoms with E-state index < -0.39 is 0 Å². The molecule has 4 nitrogen and oxygen atoms in total. The van der Waals surface area contributed by atoms with Crippen molar-refractivity contribution in [2.24, 2.45) is 11.8 Å². The molecule has 0 bridgehead atoms. The van der Waals surface area contributed by atoms with Crippen LogP contribution < -0.4 is 10.2 Å². The Labute approximate surface area is 152 Å². The molecule has 1 aliphatic rings. The van der Waals surface area contributed by atoms with Crippen molar-refractivity contribution in [3.63, 3.8) is 0 Å². The van der Waals surface area contributed by atoms with Crippen molar-refractivity contribution in [3.05, 3.63) is 29.3 Å². The van der Waals surface area contributed by atoms with Crippen LogP contribution in [0.25, 0.3) is 0 Å². The van der Waals surface area contributed by atoms with Gasteiger partial charge in [0.05, 0.1) is 5.92 Å². The fourth-order valence-electron chi connectivity index (χ4n) is 3.56. The van der Waals surface area contributed by atoms with Crippen LogP contribution in [0.3, 0.4) is 0 Å². The zero-order chi connectivity index (χ0) is 18.4. The van der Waals surface area contributed by atoms with Crippen LogP contribution in [0.15, 0.2) is 18.2 Å². The van der Waals surface area contributed by atoms with Crippen molar-refractivity contribution in [3.8, 4) is 0 Å². The van der Waals surface area contributed by atoms with Gasteiger partial charge in [0.1, 0.15) is 0 Å². The van der Waals surface area contributed by atoms with Crippen LogP contribution in [-0.4, -0.2) is 24.9 Å². The highest BCUT2D eigenvalue weighted by Crippen LogP contribution is 2.28. The van der Waals surface area contributed by atoms with Crippen LogP contribution in [0.1, 0.15) is 57.1 Å². The molecule has 2 rings (SSSR count). The minimum absolute atomic E-state index is 0.0237. The molecule has 0 saturated carbocycles. The molecule has 1 N–H and O–H groups in total. The molecule has 1 heterocycles. The number of carbonyl (C=O) groups excluding carboxylic acids is 2. The smallest absolute Gasteiger partial charge is 0.227 e. The molecule has 1 saturated heterocycles. The lowest BCUT2D eigenvalue weighted by Crippen LogP contribution is -2.36. The molecule has 2 atom stereocenters. The molecule has 1 aromatic rings. The zero-order valence-electron chi connectivity index (χ0n) is 16.1. The van der Waals surface area contributed by atoms with E-state index in [-0.39, 0.29) is 17.7 Å². The molecule has 2 amide bonds. The molecule has 1 aromatic carbocycles. The molecular weight excluding hydrogens is 312 g/mol. The fourth-order valence-corrected chi connectivity index (χ4v) is 3.56. The quantitative estimate of drug-likeness (QED) is 0.775. The van der Waals surface area contributed by atoms with E-state index in [1.165, 1.54) is 18.4 Å². The van der Waals surface area contributed by atoms with Gasteiger partial charge in [-0.3, -0.25) is 9.59 Å². The first-order chi connectivity index (χ1) is 12.0. The van der Waals surface area contributed by atoms with Crippen molar-refractivity contribution < 1.29 is 9.59 Å². The first-order valence-corrected chi connectivity index (χ1v) is 9.61. The predicted molar refractivity (Wildman–Crippen MR) is 103 cm³/mol. The second-order valence-electron chi connectivity index (χ2n) is 7.36. The highest BCUT2D eigenvalue weighted by molar-refractivity contribution is 6.00. The van der Waals surface area contributed by atoms with Crippen LogP contribution >= 0.6 is 0 Å². The number of benzene rings is 1. The summed E-state index contributed by atoms with van der Waals surface area (Å²) in [6, 6.07) is 6.08. The van der Waals surface area contributed by atoms with Crippen molar-refractivity contribution >= 4 is 17.5 Å². The number of nitrogens with one attached hydrogen (secondary N) is 1. The molecule has 138 valence electrons. The van der Waals surface area contributed by atoms with Gasteiger partial charge in [-0.2, -0.15) is 0 Å². The predicted octanol–water partition coefficient (Wildman–Crippen LogP) is 3.99. The average Bonchev–Trinajstić information content (AvgIpc) is 2.96. The second-order valence-corrected chi connectivity index (χ2v) is 7.36. The van der Waals surface area contributed by atoms with E-state index in [1.807, 2.05) is 26.0 Å². The molecule has 4 heteroatoms. The second kappa shape index (κ2) is 9.02. The lowest BCUT2D eigenvalue weighted by Gasteiger charge is -2.20. The minimum atomic E-state index is -0.239. The highest BCUT2D eigenvalue weighted by Gasteiger charge is 2.35. The number of rotatable bonds is 8. The van der Waals surface area contributed by atoms with Crippen LogP contribution in [-0.2, 0) is 9.59 Å². The Morgan fingerprint density at radius 1 is 1.32 bits per heavy atom. The Bertz CT molecular complexity index is 612. The SMILES string of the molecule is CCCCC(CC)CNC(=O)C1CC(=O)N(c2ccc(C)cc2C)C1. The lowest BCUT2D eigenvalue weighted by molar-refractivity contribution is -0.126. The van der Waals surface area contributed by atoms with Gasteiger partial charge in [0.2, 0.25) is 11.8 Å². The van der Waals surface area contributed by atoms with Crippen molar-refractivity contribution in [2.45, 2.75) is 59.8 Å². The van der Waals surface area contributed by atoms with E-state index in [9.17, 15) is 9.59 Å². The first-order valence-electron chi connectivity index (χ1n) is 9.61. The summed E-state index contributed by atoms with van der Waals surface area (Å²) in [5.41, 5.74) is 3.19. The number of hydrogen-bond acceptors (Lipinski definition) is 2. The third kappa shape index (κ3) is 5.07. The summed E-state index contributed by atoms with van der Waals surface area (Å²) >= 11 is 0. The Balaban J connectivity index is 1.93. The highest BCUT2D eigenvalue weighted by atomic mass is 16.2. The summed E-state index contributed by atoms with van der Waals surface area (Å²) in [5.74, 6) is 0.369. The van der Waals surface area contributed by atoms with Crippen molar-refractivity contribution in [1.82, 2.24) is 5.32 Å². The normalized spacial score (nSPS) is 18.5. The molecule has 1 aliphatic heterocycles. The van der Waals surface area contributed by atoms with Crippen LogP contribution in [0.4, 0.5) is 5.69 Å². The number of aryl methyl sites for hydroxylation is 2. The average molecular weight is 344 g/mol. The van der Waals surface area contributed by atoms with Gasteiger partial charge < -0.3 is 10.2 Å². The number of hydrogen-bond donors (Lipinski definition) is 1. The number of amides is 2. The maximum atomic E-state index is 12.5. The van der Waals surface area contributed by atoms with Gasteiger partial charge in [-0.15, -0.1) is 0 Å². The summed E-state index contributed by atoms with van der Waals surface area (Å²) in [7, 11) is 0. The molecule has 1 fully saturated rings. The third-order valence-corrected chi connectivity index (χ3v) is 5.25. The monoisotopic (exact) mass is 344 g/mol. The van der Waals surface area contributed by atoms with E-state index >= 15 is 0 Å². The third-order valence-electron chi connectivity index (χ3n) is 5.25. The molecular formula is C21H32N2O2. The number of anilines is 1. The molecule has 0 aliphatic carbocycles. The molecule has 0 aromatic heterocycles. The van der Waals surface area contributed by atoms with Crippen molar-refractivity contribution in [1.29, 1.82) is 0 Å². The Morgan fingerprint density at radius 3 is 2.72 bits per heavy atom. The Morgan fingerprint density at radius 2 is 2.08 bits per heavy atom. The van der Waals surface area contributed by atoms with Crippen LogP contribution in [0.2, 0.25) is 0 Å². The Hall–Kier alpha value is -1.84. The summed E-state index contributed by atoms with van der Waals surface area (Å²) in [5, 5.41) is 3.08. The molecule has 0 radical (unpaired) electrons. The number of carbonyl (C=O) groups is 2. The number of nitrogens with zero attached hydrogens (tertiary/aromatic N) is 1. The van der Waals surface area contributed by atoms with Crippen LogP contribution in [0.5, 0.6) is 0 Å². The van der Waals surface area contributed by atoms with Gasteiger partial charge in [0, 0.05) is 25.2 Å². The standard InChI is InChI=1S/C21H32N2O2/c1-5-7-8-17(6-2)13-22-21(25)18-12-20(24)23(14-18)19-10-9-15(3)11-16(19)4/h9-11,17-18H,5-8,12-14H2,1-4H3,(H,22,25). The summed E-state index contributed by atoms with van der Waals surface area (Å²) in [6.45, 7) is 9.64. The first kappa shape index (κ1) is 19.5. The van der Waals surface area contributed by atoms with E-state index in [1.54, 1.807) is 4.90 Å². The summed E-state index contributed by atoms with van der Waals surface area (Å²) in [6.07, 6.45) is 4.94. The summed E-state index contributed by atoms with van der Waals surface area (Å²) < 4.78 is 0. The largest absolute Gasteiger partial charge is 0.356 e.